The van der Waals surface area contributed by atoms with Gasteiger partial charge in [-0.2, -0.15) is 0 Å². The van der Waals surface area contributed by atoms with E-state index in [9.17, 15) is 0 Å². The third kappa shape index (κ3) is 6.58. The van der Waals surface area contributed by atoms with Gasteiger partial charge in [-0.1, -0.05) is 29.5 Å². The van der Waals surface area contributed by atoms with E-state index in [4.69, 9.17) is 9.47 Å². The van der Waals surface area contributed by atoms with Gasteiger partial charge in [0.15, 0.2) is 0 Å². The first-order chi connectivity index (χ1) is 15.8. The quantitative estimate of drug-likeness (QED) is 0.438. The smallest absolute Gasteiger partial charge is 0.205 e. The summed E-state index contributed by atoms with van der Waals surface area (Å²) in [7, 11) is 1.72. The lowest BCUT2D eigenvalue weighted by molar-refractivity contribution is 0.238. The number of piperazine rings is 1. The third-order valence-corrected chi connectivity index (χ3v) is 6.30. The van der Waals surface area contributed by atoms with Crippen molar-refractivity contribution in [3.63, 3.8) is 0 Å². The number of hydrogen-bond acceptors (Lipinski definition) is 8. The van der Waals surface area contributed by atoms with Gasteiger partial charge in [-0.25, -0.2) is 0 Å². The van der Waals surface area contributed by atoms with Crippen molar-refractivity contribution >= 4 is 22.2 Å². The van der Waals surface area contributed by atoms with E-state index in [0.29, 0.717) is 0 Å². The number of hydrogen-bond donors (Lipinski definition) is 1. The summed E-state index contributed by atoms with van der Waals surface area (Å²) in [5.74, 6) is 1.85. The molecule has 1 fully saturated rings. The largest absolute Gasteiger partial charge is 0.497 e. The van der Waals surface area contributed by atoms with Crippen molar-refractivity contribution in [2.24, 2.45) is 0 Å². The van der Waals surface area contributed by atoms with E-state index in [2.05, 4.69) is 55.6 Å². The minimum Gasteiger partial charge on any atom is -0.497 e. The number of nitrogens with one attached hydrogen (secondary N) is 1. The molecule has 170 valence electrons. The summed E-state index contributed by atoms with van der Waals surface area (Å²) in [6, 6.07) is 16.6. The lowest BCUT2D eigenvalue weighted by atomic mass is 10.2. The van der Waals surface area contributed by atoms with E-state index in [1.54, 1.807) is 12.6 Å². The molecular weight excluding hydrogens is 422 g/mol. The maximum atomic E-state index is 5.92. The molecule has 0 radical (unpaired) electrons. The Bertz CT molecular complexity index is 928. The van der Waals surface area contributed by atoms with Gasteiger partial charge in [-0.3, -0.25) is 4.90 Å². The number of nitrogens with zero attached hydrogens (tertiary/aromatic N) is 4. The summed E-state index contributed by atoms with van der Waals surface area (Å²) >= 11 is 1.50. The Morgan fingerprint density at radius 2 is 1.84 bits per heavy atom. The molecule has 0 bridgehead atoms. The van der Waals surface area contributed by atoms with Gasteiger partial charge in [0.2, 0.25) is 5.13 Å². The van der Waals surface area contributed by atoms with Crippen LogP contribution in [0.5, 0.6) is 11.5 Å². The van der Waals surface area contributed by atoms with Crippen LogP contribution in [0.2, 0.25) is 0 Å². The fourth-order valence-electron chi connectivity index (χ4n) is 3.80. The van der Waals surface area contributed by atoms with Crippen LogP contribution in [0.4, 0.5) is 10.8 Å². The minimum absolute atomic E-state index is 0.737. The van der Waals surface area contributed by atoms with E-state index >= 15 is 0 Å². The highest BCUT2D eigenvalue weighted by atomic mass is 32.1. The molecule has 2 heterocycles. The van der Waals surface area contributed by atoms with Crippen molar-refractivity contribution in [2.45, 2.75) is 19.4 Å². The van der Waals surface area contributed by atoms with Crippen LogP contribution in [0, 0.1) is 0 Å². The predicted molar refractivity (Wildman–Crippen MR) is 130 cm³/mol. The van der Waals surface area contributed by atoms with Crippen LogP contribution in [0.1, 0.15) is 18.4 Å². The number of benzene rings is 2. The second-order valence-corrected chi connectivity index (χ2v) is 8.66. The molecule has 3 aromatic rings. The van der Waals surface area contributed by atoms with Crippen molar-refractivity contribution in [2.75, 3.05) is 56.7 Å². The molecule has 4 rings (SSSR count). The maximum Gasteiger partial charge on any atom is 0.205 e. The van der Waals surface area contributed by atoms with Gasteiger partial charge in [-0.15, -0.1) is 10.2 Å². The Labute approximate surface area is 194 Å². The van der Waals surface area contributed by atoms with Gasteiger partial charge in [0.05, 0.1) is 13.7 Å². The zero-order valence-electron chi connectivity index (χ0n) is 18.6. The van der Waals surface area contributed by atoms with E-state index in [1.165, 1.54) is 22.6 Å². The molecule has 0 amide bonds. The summed E-state index contributed by atoms with van der Waals surface area (Å²) < 4.78 is 11.3. The monoisotopic (exact) mass is 453 g/mol. The number of anilines is 2. The highest BCUT2D eigenvalue weighted by Crippen LogP contribution is 2.22. The molecular formula is C24H31N5O2S. The van der Waals surface area contributed by atoms with Crippen LogP contribution in [-0.4, -0.2) is 61.5 Å². The van der Waals surface area contributed by atoms with Crippen molar-refractivity contribution in [3.8, 4) is 11.5 Å². The van der Waals surface area contributed by atoms with Crippen LogP contribution < -0.4 is 19.7 Å². The van der Waals surface area contributed by atoms with Crippen molar-refractivity contribution in [1.29, 1.82) is 0 Å². The molecule has 0 spiro atoms. The Balaban J connectivity index is 1.09. The van der Waals surface area contributed by atoms with Crippen LogP contribution in [0.3, 0.4) is 0 Å². The Kier molecular flexibility index (Phi) is 8.17. The number of unbranched alkanes of at least 4 members (excludes halogenated alkanes) is 1. The Morgan fingerprint density at radius 3 is 2.59 bits per heavy atom. The normalized spacial score (nSPS) is 14.3. The fraction of sp³-hybridized carbons (Fsp3) is 0.417. The number of rotatable bonds is 11. The highest BCUT2D eigenvalue weighted by Gasteiger charge is 2.17. The predicted octanol–water partition coefficient (Wildman–Crippen LogP) is 4.14. The van der Waals surface area contributed by atoms with E-state index < -0.39 is 0 Å². The number of aromatic nitrogens is 2. The van der Waals surface area contributed by atoms with Crippen LogP contribution in [-0.2, 0) is 6.54 Å². The number of ether oxygens (including phenoxy) is 2. The zero-order valence-corrected chi connectivity index (χ0v) is 19.4. The molecule has 7 nitrogen and oxygen atoms in total. The molecule has 0 unspecified atom stereocenters. The van der Waals surface area contributed by atoms with Crippen LogP contribution in [0.15, 0.2) is 54.0 Å². The molecule has 1 aliphatic heterocycles. The van der Waals surface area contributed by atoms with E-state index in [1.807, 2.05) is 18.2 Å². The molecule has 1 saturated heterocycles. The molecule has 1 aromatic heterocycles. The SMILES string of the molecule is COc1cccc(N2CCN(CCCCOc3ccc(CNc4nncs4)cc3)CC2)c1. The first kappa shape index (κ1) is 22.4. The van der Waals surface area contributed by atoms with Crippen LogP contribution >= 0.6 is 11.3 Å². The van der Waals surface area contributed by atoms with Gasteiger partial charge < -0.3 is 19.7 Å². The third-order valence-electron chi connectivity index (χ3n) is 5.66. The molecule has 0 aliphatic carbocycles. The van der Waals surface area contributed by atoms with Gasteiger partial charge in [0.25, 0.3) is 0 Å². The summed E-state index contributed by atoms with van der Waals surface area (Å²) in [5, 5.41) is 11.9. The first-order valence-corrected chi connectivity index (χ1v) is 12.0. The van der Waals surface area contributed by atoms with E-state index in [-0.39, 0.29) is 0 Å². The summed E-state index contributed by atoms with van der Waals surface area (Å²) in [5.41, 5.74) is 4.17. The second kappa shape index (κ2) is 11.7. The van der Waals surface area contributed by atoms with Gasteiger partial charge in [-0.05, 0) is 49.2 Å². The van der Waals surface area contributed by atoms with Gasteiger partial charge >= 0.3 is 0 Å². The van der Waals surface area contributed by atoms with Crippen molar-refractivity contribution < 1.29 is 9.47 Å². The molecule has 2 aromatic carbocycles. The average Bonchev–Trinajstić information content (AvgIpc) is 3.37. The standard InChI is InChI=1S/C24H31N5O2S/c1-30-23-6-4-5-21(17-23)29-14-12-28(13-15-29)11-2-3-16-31-22-9-7-20(8-10-22)18-25-24-27-26-19-32-24/h4-10,17,19H,2-3,11-16,18H2,1H3,(H,25,27). The van der Waals surface area contributed by atoms with Crippen LogP contribution in [0.25, 0.3) is 0 Å². The molecule has 0 saturated carbocycles. The molecule has 32 heavy (non-hydrogen) atoms. The van der Waals surface area contributed by atoms with E-state index in [0.717, 1.165) is 75.3 Å². The fourth-order valence-corrected chi connectivity index (χ4v) is 4.24. The van der Waals surface area contributed by atoms with Gasteiger partial charge in [0, 0.05) is 44.5 Å². The number of methoxy groups -OCH3 is 1. The zero-order chi connectivity index (χ0) is 22.0. The molecule has 8 heteroatoms. The Morgan fingerprint density at radius 1 is 1.00 bits per heavy atom. The van der Waals surface area contributed by atoms with Gasteiger partial charge in [0.1, 0.15) is 17.0 Å². The van der Waals surface area contributed by atoms with Crippen molar-refractivity contribution in [1.82, 2.24) is 15.1 Å². The second-order valence-electron chi connectivity index (χ2n) is 7.83. The molecule has 0 atom stereocenters. The summed E-state index contributed by atoms with van der Waals surface area (Å²) in [6.45, 7) is 6.95. The lowest BCUT2D eigenvalue weighted by Gasteiger charge is -2.36. The summed E-state index contributed by atoms with van der Waals surface area (Å²) in [4.78, 5) is 4.99. The summed E-state index contributed by atoms with van der Waals surface area (Å²) in [6.07, 6.45) is 2.22. The molecule has 1 aliphatic rings. The van der Waals surface area contributed by atoms with Crippen molar-refractivity contribution in [3.05, 3.63) is 59.6 Å². The maximum absolute atomic E-state index is 5.92. The first-order valence-electron chi connectivity index (χ1n) is 11.1. The highest BCUT2D eigenvalue weighted by molar-refractivity contribution is 7.13. The Hall–Kier alpha value is -2.84. The topological polar surface area (TPSA) is 62.8 Å². The lowest BCUT2D eigenvalue weighted by Crippen LogP contribution is -2.46. The molecule has 1 N–H and O–H groups in total. The average molecular weight is 454 g/mol. The minimum atomic E-state index is 0.737.